The summed E-state index contributed by atoms with van der Waals surface area (Å²) in [5.74, 6) is 0.760. The molecule has 0 saturated carbocycles. The average molecular weight is 288 g/mol. The SMILES string of the molecule is Cc1cc2c(cc1C)Nc1nnc(-c3ccccc3)cc1N2. The maximum absolute atomic E-state index is 4.32. The molecule has 0 amide bonds. The normalized spacial score (nSPS) is 11.9. The topological polar surface area (TPSA) is 49.8 Å². The van der Waals surface area contributed by atoms with E-state index >= 15 is 0 Å². The lowest BCUT2D eigenvalue weighted by molar-refractivity contribution is 1.04. The van der Waals surface area contributed by atoms with Crippen molar-refractivity contribution in [3.63, 3.8) is 0 Å². The minimum atomic E-state index is 0.760. The fraction of sp³-hybridized carbons (Fsp3) is 0.111. The van der Waals surface area contributed by atoms with E-state index < -0.39 is 0 Å². The molecule has 0 radical (unpaired) electrons. The Bertz CT molecular complexity index is 856. The molecule has 1 aliphatic rings. The molecule has 3 aromatic rings. The molecule has 2 heterocycles. The van der Waals surface area contributed by atoms with E-state index in [0.717, 1.165) is 34.1 Å². The van der Waals surface area contributed by atoms with Crippen LogP contribution in [0.3, 0.4) is 0 Å². The molecule has 1 aliphatic heterocycles. The summed E-state index contributed by atoms with van der Waals surface area (Å²) in [7, 11) is 0. The van der Waals surface area contributed by atoms with Gasteiger partial charge < -0.3 is 10.6 Å². The number of anilines is 4. The van der Waals surface area contributed by atoms with Crippen molar-refractivity contribution in [1.29, 1.82) is 0 Å². The summed E-state index contributed by atoms with van der Waals surface area (Å²) in [6.45, 7) is 4.23. The average Bonchev–Trinajstić information content (AvgIpc) is 2.55. The highest BCUT2D eigenvalue weighted by molar-refractivity contribution is 5.90. The zero-order valence-electron chi connectivity index (χ0n) is 12.5. The zero-order chi connectivity index (χ0) is 15.1. The molecule has 2 aromatic carbocycles. The Morgan fingerprint density at radius 1 is 0.727 bits per heavy atom. The summed E-state index contributed by atoms with van der Waals surface area (Å²) in [6.07, 6.45) is 0. The lowest BCUT2D eigenvalue weighted by atomic mass is 10.1. The lowest BCUT2D eigenvalue weighted by Crippen LogP contribution is -2.10. The van der Waals surface area contributed by atoms with E-state index in [1.807, 2.05) is 36.4 Å². The second kappa shape index (κ2) is 4.84. The fourth-order valence-electron chi connectivity index (χ4n) is 2.62. The van der Waals surface area contributed by atoms with Crippen molar-refractivity contribution in [2.45, 2.75) is 13.8 Å². The summed E-state index contributed by atoms with van der Waals surface area (Å²) in [5, 5.41) is 15.5. The number of hydrogen-bond acceptors (Lipinski definition) is 4. The smallest absolute Gasteiger partial charge is 0.176 e. The van der Waals surface area contributed by atoms with Crippen molar-refractivity contribution < 1.29 is 0 Å². The summed E-state index contributed by atoms with van der Waals surface area (Å²) < 4.78 is 0. The van der Waals surface area contributed by atoms with Crippen LogP contribution in [0.2, 0.25) is 0 Å². The van der Waals surface area contributed by atoms with Crippen molar-refractivity contribution in [2.24, 2.45) is 0 Å². The maximum Gasteiger partial charge on any atom is 0.176 e. The highest BCUT2D eigenvalue weighted by Crippen LogP contribution is 2.39. The minimum absolute atomic E-state index is 0.760. The van der Waals surface area contributed by atoms with Crippen LogP contribution in [0, 0.1) is 13.8 Å². The monoisotopic (exact) mass is 288 g/mol. The van der Waals surface area contributed by atoms with Gasteiger partial charge >= 0.3 is 0 Å². The van der Waals surface area contributed by atoms with Gasteiger partial charge in [0.25, 0.3) is 0 Å². The number of hydrogen-bond donors (Lipinski definition) is 2. The van der Waals surface area contributed by atoms with Crippen LogP contribution < -0.4 is 10.6 Å². The molecule has 0 aliphatic carbocycles. The van der Waals surface area contributed by atoms with Gasteiger partial charge in [-0.05, 0) is 43.2 Å². The third kappa shape index (κ3) is 2.09. The molecule has 1 aromatic heterocycles. The second-order valence-corrected chi connectivity index (χ2v) is 5.59. The lowest BCUT2D eigenvalue weighted by Gasteiger charge is -2.23. The molecule has 0 bridgehead atoms. The van der Waals surface area contributed by atoms with Gasteiger partial charge in [0, 0.05) is 5.56 Å². The van der Waals surface area contributed by atoms with Crippen molar-refractivity contribution in [2.75, 3.05) is 10.6 Å². The summed E-state index contributed by atoms with van der Waals surface area (Å²) >= 11 is 0. The highest BCUT2D eigenvalue weighted by Gasteiger charge is 2.17. The van der Waals surface area contributed by atoms with Gasteiger partial charge in [-0.1, -0.05) is 30.3 Å². The number of nitrogens with one attached hydrogen (secondary N) is 2. The minimum Gasteiger partial charge on any atom is -0.351 e. The molecule has 0 fully saturated rings. The summed E-state index contributed by atoms with van der Waals surface area (Å²) in [6, 6.07) is 16.4. The van der Waals surface area contributed by atoms with E-state index in [0.29, 0.717) is 0 Å². The van der Waals surface area contributed by atoms with Crippen LogP contribution in [0.5, 0.6) is 0 Å². The van der Waals surface area contributed by atoms with Gasteiger partial charge in [0.15, 0.2) is 5.82 Å². The van der Waals surface area contributed by atoms with Crippen LogP contribution in [0.25, 0.3) is 11.3 Å². The molecule has 108 valence electrons. The Morgan fingerprint density at radius 3 is 2.14 bits per heavy atom. The Balaban J connectivity index is 1.76. The molecule has 0 unspecified atom stereocenters. The zero-order valence-corrected chi connectivity index (χ0v) is 12.5. The van der Waals surface area contributed by atoms with Gasteiger partial charge in [-0.2, -0.15) is 0 Å². The molecular weight excluding hydrogens is 272 g/mol. The Morgan fingerprint density at radius 2 is 1.41 bits per heavy atom. The van der Waals surface area contributed by atoms with E-state index in [-0.39, 0.29) is 0 Å². The first-order chi connectivity index (χ1) is 10.7. The number of nitrogens with zero attached hydrogens (tertiary/aromatic N) is 2. The van der Waals surface area contributed by atoms with Crippen LogP contribution in [0.1, 0.15) is 11.1 Å². The molecule has 4 nitrogen and oxygen atoms in total. The first-order valence-corrected chi connectivity index (χ1v) is 7.29. The van der Waals surface area contributed by atoms with Gasteiger partial charge in [-0.25, -0.2) is 0 Å². The third-order valence-electron chi connectivity index (χ3n) is 4.02. The summed E-state index contributed by atoms with van der Waals surface area (Å²) in [5.41, 5.74) is 7.50. The van der Waals surface area contributed by atoms with E-state index in [4.69, 9.17) is 0 Å². The number of fused-ring (bicyclic) bond motifs is 2. The maximum atomic E-state index is 4.32. The molecule has 0 saturated heterocycles. The van der Waals surface area contributed by atoms with Crippen LogP contribution in [0.4, 0.5) is 22.9 Å². The van der Waals surface area contributed by atoms with Crippen molar-refractivity contribution in [3.05, 3.63) is 59.7 Å². The Kier molecular flexibility index (Phi) is 2.82. The van der Waals surface area contributed by atoms with E-state index in [2.05, 4.69) is 46.8 Å². The molecule has 4 heteroatoms. The van der Waals surface area contributed by atoms with Gasteiger partial charge in [-0.3, -0.25) is 0 Å². The van der Waals surface area contributed by atoms with Gasteiger partial charge in [0.1, 0.15) is 0 Å². The van der Waals surface area contributed by atoms with Gasteiger partial charge in [-0.15, -0.1) is 10.2 Å². The van der Waals surface area contributed by atoms with E-state index in [1.165, 1.54) is 11.1 Å². The first-order valence-electron chi connectivity index (χ1n) is 7.29. The molecule has 4 rings (SSSR count). The number of aromatic nitrogens is 2. The third-order valence-corrected chi connectivity index (χ3v) is 4.02. The van der Waals surface area contributed by atoms with Crippen LogP contribution >= 0.6 is 0 Å². The second-order valence-electron chi connectivity index (χ2n) is 5.59. The molecular formula is C18H16N4. The Hall–Kier alpha value is -2.88. The number of rotatable bonds is 1. The van der Waals surface area contributed by atoms with Crippen molar-refractivity contribution in [3.8, 4) is 11.3 Å². The molecule has 0 spiro atoms. The van der Waals surface area contributed by atoms with Crippen LogP contribution in [0.15, 0.2) is 48.5 Å². The van der Waals surface area contributed by atoms with Gasteiger partial charge in [0.05, 0.1) is 22.8 Å². The Labute approximate surface area is 129 Å². The van der Waals surface area contributed by atoms with Crippen molar-refractivity contribution >= 4 is 22.9 Å². The van der Waals surface area contributed by atoms with Crippen molar-refractivity contribution in [1.82, 2.24) is 10.2 Å². The molecule has 22 heavy (non-hydrogen) atoms. The predicted molar refractivity (Wildman–Crippen MR) is 89.9 cm³/mol. The van der Waals surface area contributed by atoms with Gasteiger partial charge in [0.2, 0.25) is 0 Å². The van der Waals surface area contributed by atoms with Crippen LogP contribution in [-0.2, 0) is 0 Å². The van der Waals surface area contributed by atoms with E-state index in [1.54, 1.807) is 0 Å². The summed E-state index contributed by atoms with van der Waals surface area (Å²) in [4.78, 5) is 0. The molecule has 0 atom stereocenters. The number of benzene rings is 2. The quantitative estimate of drug-likeness (QED) is 0.539. The predicted octanol–water partition coefficient (Wildman–Crippen LogP) is 4.56. The van der Waals surface area contributed by atoms with E-state index in [9.17, 15) is 0 Å². The highest BCUT2D eigenvalue weighted by atomic mass is 15.2. The number of aryl methyl sites for hydroxylation is 2. The first kappa shape index (κ1) is 12.8. The largest absolute Gasteiger partial charge is 0.351 e. The van der Waals surface area contributed by atoms with Crippen LogP contribution in [-0.4, -0.2) is 10.2 Å². The fourth-order valence-corrected chi connectivity index (χ4v) is 2.62. The molecule has 2 N–H and O–H groups in total. The standard InChI is InChI=1S/C18H16N4/c1-11-8-15-16(9-12(11)2)20-18-17(19-15)10-14(21-22-18)13-6-4-3-5-7-13/h3-10,19H,1-2H3,(H,20,22).